The largest absolute Gasteiger partial charge is 0.454 e. The van der Waals surface area contributed by atoms with Crippen molar-refractivity contribution in [2.45, 2.75) is 32.2 Å². The number of benzene rings is 3. The molecular weight excluding hydrogens is 579 g/mol. The van der Waals surface area contributed by atoms with Crippen molar-refractivity contribution < 1.29 is 19.1 Å². The van der Waals surface area contributed by atoms with Gasteiger partial charge in [0.25, 0.3) is 0 Å². The lowest BCUT2D eigenvalue weighted by Gasteiger charge is -2.21. The Morgan fingerprint density at radius 3 is 2.29 bits per heavy atom. The van der Waals surface area contributed by atoms with E-state index in [1.54, 1.807) is 47.4 Å². The van der Waals surface area contributed by atoms with Crippen molar-refractivity contribution >= 4 is 52.6 Å². The molecular formula is C32H30Cl2N2O4S. The van der Waals surface area contributed by atoms with Gasteiger partial charge < -0.3 is 14.2 Å². The van der Waals surface area contributed by atoms with Gasteiger partial charge in [0, 0.05) is 40.6 Å². The second kappa shape index (κ2) is 13.9. The summed E-state index contributed by atoms with van der Waals surface area (Å²) in [5.74, 6) is -0.802. The van der Waals surface area contributed by atoms with Gasteiger partial charge >= 0.3 is 5.97 Å². The van der Waals surface area contributed by atoms with Gasteiger partial charge in [-0.2, -0.15) is 0 Å². The highest BCUT2D eigenvalue weighted by molar-refractivity contribution is 8.00. The van der Waals surface area contributed by atoms with Gasteiger partial charge in [0.1, 0.15) is 0 Å². The Morgan fingerprint density at radius 2 is 1.59 bits per heavy atom. The normalized spacial score (nSPS) is 10.9. The van der Waals surface area contributed by atoms with Crippen molar-refractivity contribution in [3.05, 3.63) is 117 Å². The number of esters is 1. The van der Waals surface area contributed by atoms with Crippen LogP contribution in [0.25, 0.3) is 5.69 Å². The van der Waals surface area contributed by atoms with E-state index in [0.717, 1.165) is 16.9 Å². The van der Waals surface area contributed by atoms with Gasteiger partial charge in [-0.15, -0.1) is 11.8 Å². The van der Waals surface area contributed by atoms with Gasteiger partial charge in [-0.3, -0.25) is 9.59 Å². The third-order valence-electron chi connectivity index (χ3n) is 6.64. The number of hydrogen-bond donors (Lipinski definition) is 0. The first-order valence-electron chi connectivity index (χ1n) is 13.1. The number of amides is 1. The number of rotatable bonds is 11. The number of halogens is 2. The molecule has 0 bridgehead atoms. The molecule has 1 aromatic heterocycles. The maximum atomic E-state index is 13.1. The molecule has 41 heavy (non-hydrogen) atoms. The number of carbonyl (C=O) groups excluding carboxylic acids is 3. The molecule has 0 spiro atoms. The highest BCUT2D eigenvalue weighted by Gasteiger charge is 2.21. The van der Waals surface area contributed by atoms with E-state index in [0.29, 0.717) is 44.9 Å². The summed E-state index contributed by atoms with van der Waals surface area (Å²) >= 11 is 13.5. The van der Waals surface area contributed by atoms with Crippen LogP contribution in [0.15, 0.2) is 83.8 Å². The monoisotopic (exact) mass is 608 g/mol. The van der Waals surface area contributed by atoms with Crippen LogP contribution in [0.1, 0.15) is 44.6 Å². The predicted octanol–water partition coefficient (Wildman–Crippen LogP) is 7.58. The standard InChI is InChI=1S/C32H30Cl2N2O4S/c1-4-35(18-23-10-6-5-7-11-23)31(38)20-41-30-13-9-8-12-25(30)32(39)40-19-29(37)26-16-21(2)36(22(26)3)24-14-15-27(33)28(34)17-24/h5-17H,4,18-20H2,1-3H3. The second-order valence-electron chi connectivity index (χ2n) is 9.40. The maximum absolute atomic E-state index is 13.1. The lowest BCUT2D eigenvalue weighted by Crippen LogP contribution is -2.31. The molecule has 9 heteroatoms. The minimum Gasteiger partial charge on any atom is -0.454 e. The Balaban J connectivity index is 1.40. The Kier molecular flexibility index (Phi) is 10.3. The first-order chi connectivity index (χ1) is 19.7. The van der Waals surface area contributed by atoms with Crippen LogP contribution < -0.4 is 0 Å². The molecule has 3 aromatic carbocycles. The highest BCUT2D eigenvalue weighted by Crippen LogP contribution is 2.28. The van der Waals surface area contributed by atoms with E-state index in [-0.39, 0.29) is 17.4 Å². The zero-order valence-electron chi connectivity index (χ0n) is 23.0. The lowest BCUT2D eigenvalue weighted by atomic mass is 10.1. The third kappa shape index (κ3) is 7.41. The molecule has 0 aliphatic rings. The predicted molar refractivity (Wildman–Crippen MR) is 165 cm³/mol. The van der Waals surface area contributed by atoms with Gasteiger partial charge in [0.05, 0.1) is 21.4 Å². The van der Waals surface area contributed by atoms with Gasteiger partial charge in [0.15, 0.2) is 6.61 Å². The van der Waals surface area contributed by atoms with Crippen LogP contribution in [0.2, 0.25) is 10.0 Å². The number of aromatic nitrogens is 1. The second-order valence-corrected chi connectivity index (χ2v) is 11.2. The molecule has 0 aliphatic heterocycles. The molecule has 4 rings (SSSR count). The van der Waals surface area contributed by atoms with Gasteiger partial charge in [-0.05, 0) is 62.7 Å². The Labute approximate surface area is 254 Å². The van der Waals surface area contributed by atoms with E-state index in [9.17, 15) is 14.4 Å². The Morgan fingerprint density at radius 1 is 0.878 bits per heavy atom. The van der Waals surface area contributed by atoms with E-state index in [2.05, 4.69) is 0 Å². The van der Waals surface area contributed by atoms with Crippen LogP contribution in [0.5, 0.6) is 0 Å². The summed E-state index contributed by atoms with van der Waals surface area (Å²) in [5.41, 5.74) is 4.12. The van der Waals surface area contributed by atoms with Gasteiger partial charge in [-0.1, -0.05) is 65.7 Å². The molecule has 0 N–H and O–H groups in total. The van der Waals surface area contributed by atoms with Crippen LogP contribution in [0, 0.1) is 13.8 Å². The zero-order chi connectivity index (χ0) is 29.5. The number of carbonyl (C=O) groups is 3. The molecule has 0 saturated heterocycles. The highest BCUT2D eigenvalue weighted by atomic mass is 35.5. The summed E-state index contributed by atoms with van der Waals surface area (Å²) in [7, 11) is 0. The van der Waals surface area contributed by atoms with Crippen molar-refractivity contribution in [3.8, 4) is 5.69 Å². The van der Waals surface area contributed by atoms with Crippen molar-refractivity contribution in [1.29, 1.82) is 0 Å². The van der Waals surface area contributed by atoms with Crippen LogP contribution >= 0.6 is 35.0 Å². The number of hydrogen-bond acceptors (Lipinski definition) is 5. The number of nitrogens with zero attached hydrogens (tertiary/aromatic N) is 2. The molecule has 0 fully saturated rings. The Bertz CT molecular complexity index is 1570. The van der Waals surface area contributed by atoms with Crippen molar-refractivity contribution in [2.75, 3.05) is 18.9 Å². The van der Waals surface area contributed by atoms with Crippen LogP contribution in [0.4, 0.5) is 0 Å². The number of thioether (sulfide) groups is 1. The molecule has 0 atom stereocenters. The van der Waals surface area contributed by atoms with Crippen molar-refractivity contribution in [1.82, 2.24) is 9.47 Å². The van der Waals surface area contributed by atoms with Gasteiger partial charge in [0.2, 0.25) is 11.7 Å². The summed E-state index contributed by atoms with van der Waals surface area (Å²) in [6.45, 7) is 6.33. The Hall–Kier alpha value is -3.52. The van der Waals surface area contributed by atoms with E-state index in [1.165, 1.54) is 11.8 Å². The number of ketones is 1. The molecule has 0 saturated carbocycles. The minimum absolute atomic E-state index is 0.0305. The van der Waals surface area contributed by atoms with Crippen LogP contribution in [-0.4, -0.2) is 46.0 Å². The molecule has 1 heterocycles. The fraction of sp³-hybridized carbons (Fsp3) is 0.219. The summed E-state index contributed by atoms with van der Waals surface area (Å²) in [4.78, 5) is 41.4. The van der Waals surface area contributed by atoms with Crippen LogP contribution in [0.3, 0.4) is 0 Å². The molecule has 4 aromatic rings. The quantitative estimate of drug-likeness (QED) is 0.0997. The van der Waals surface area contributed by atoms with E-state index >= 15 is 0 Å². The molecule has 0 radical (unpaired) electrons. The number of Topliss-reactive ketones (excluding diaryl/α,β-unsaturated/α-hetero) is 1. The minimum atomic E-state index is -0.621. The molecule has 0 aliphatic carbocycles. The fourth-order valence-corrected chi connectivity index (χ4v) is 5.76. The van der Waals surface area contributed by atoms with Gasteiger partial charge in [-0.25, -0.2) is 4.79 Å². The smallest absolute Gasteiger partial charge is 0.339 e. The third-order valence-corrected chi connectivity index (χ3v) is 8.43. The first kappa shape index (κ1) is 30.4. The lowest BCUT2D eigenvalue weighted by molar-refractivity contribution is -0.128. The van der Waals surface area contributed by atoms with Crippen LogP contribution in [-0.2, 0) is 16.1 Å². The van der Waals surface area contributed by atoms with E-state index in [4.69, 9.17) is 27.9 Å². The van der Waals surface area contributed by atoms with Crippen molar-refractivity contribution in [3.63, 3.8) is 0 Å². The average molecular weight is 610 g/mol. The molecule has 6 nitrogen and oxygen atoms in total. The topological polar surface area (TPSA) is 68.6 Å². The summed E-state index contributed by atoms with van der Waals surface area (Å²) < 4.78 is 7.34. The zero-order valence-corrected chi connectivity index (χ0v) is 25.4. The fourth-order valence-electron chi connectivity index (χ4n) is 4.53. The number of ether oxygens (including phenoxy) is 1. The molecule has 0 unspecified atom stereocenters. The summed E-state index contributed by atoms with van der Waals surface area (Å²) in [6.07, 6.45) is 0. The molecule has 212 valence electrons. The van der Waals surface area contributed by atoms with Crippen molar-refractivity contribution in [2.24, 2.45) is 0 Å². The number of aryl methyl sites for hydroxylation is 1. The SMILES string of the molecule is CCN(Cc1ccccc1)C(=O)CSc1ccccc1C(=O)OCC(=O)c1cc(C)n(-c2ccc(Cl)c(Cl)c2)c1C. The summed E-state index contributed by atoms with van der Waals surface area (Å²) in [6, 6.07) is 23.8. The van der Waals surface area contributed by atoms with E-state index in [1.807, 2.05) is 61.7 Å². The average Bonchev–Trinajstić information content (AvgIpc) is 3.28. The first-order valence-corrected chi connectivity index (χ1v) is 14.8. The van der Waals surface area contributed by atoms with E-state index < -0.39 is 12.6 Å². The molecule has 1 amide bonds. The summed E-state index contributed by atoms with van der Waals surface area (Å²) in [5, 5.41) is 0.856. The maximum Gasteiger partial charge on any atom is 0.339 e.